The molecule has 1 aromatic carbocycles. The Morgan fingerprint density at radius 1 is 1.18 bits per heavy atom. The molecule has 4 rings (SSSR count). The number of fused-ring (bicyclic) bond motifs is 1. The minimum absolute atomic E-state index is 0.0392. The van der Waals surface area contributed by atoms with Crippen LogP contribution in [0.4, 0.5) is 0 Å². The molecule has 0 saturated heterocycles. The van der Waals surface area contributed by atoms with E-state index in [-0.39, 0.29) is 17.4 Å². The van der Waals surface area contributed by atoms with Crippen LogP contribution in [0.5, 0.6) is 0 Å². The number of thiophene rings is 1. The van der Waals surface area contributed by atoms with Gasteiger partial charge in [0.15, 0.2) is 5.82 Å². The highest BCUT2D eigenvalue weighted by Gasteiger charge is 2.27. The molecule has 28 heavy (non-hydrogen) atoms. The van der Waals surface area contributed by atoms with Gasteiger partial charge in [0.2, 0.25) is 5.91 Å². The van der Waals surface area contributed by atoms with E-state index in [1.165, 1.54) is 28.9 Å². The van der Waals surface area contributed by atoms with E-state index in [1.54, 1.807) is 6.07 Å². The normalized spacial score (nSPS) is 19.6. The van der Waals surface area contributed by atoms with Gasteiger partial charge in [-0.3, -0.25) is 15.0 Å². The molecule has 1 saturated carbocycles. The van der Waals surface area contributed by atoms with Crippen LogP contribution in [0, 0.1) is 11.8 Å². The lowest BCUT2D eigenvalue weighted by Gasteiger charge is -2.27. The summed E-state index contributed by atoms with van der Waals surface area (Å²) < 4.78 is 1.34. The van der Waals surface area contributed by atoms with Gasteiger partial charge in [0.05, 0.1) is 15.8 Å². The van der Waals surface area contributed by atoms with Crippen molar-refractivity contribution in [2.75, 3.05) is 5.43 Å². The van der Waals surface area contributed by atoms with Crippen LogP contribution in [0.15, 0.2) is 46.6 Å². The van der Waals surface area contributed by atoms with Crippen molar-refractivity contribution in [3.8, 4) is 10.7 Å². The van der Waals surface area contributed by atoms with Gasteiger partial charge in [-0.05, 0) is 55.2 Å². The zero-order chi connectivity index (χ0) is 19.5. The minimum Gasteiger partial charge on any atom is -0.273 e. The topological polar surface area (TPSA) is 64.0 Å². The smallest absolute Gasteiger partial charge is 0.273 e. The quantitative estimate of drug-likeness (QED) is 0.675. The molecule has 146 valence electrons. The van der Waals surface area contributed by atoms with Gasteiger partial charge in [-0.25, -0.2) is 4.98 Å². The van der Waals surface area contributed by atoms with Crippen LogP contribution in [0.1, 0.15) is 45.4 Å². The van der Waals surface area contributed by atoms with Crippen LogP contribution in [0.25, 0.3) is 21.6 Å². The molecule has 1 aliphatic carbocycles. The Hall–Kier alpha value is -2.47. The number of carbonyl (C=O) groups excluding carboxylic acids is 1. The van der Waals surface area contributed by atoms with Gasteiger partial charge in [0.25, 0.3) is 5.56 Å². The van der Waals surface area contributed by atoms with E-state index in [1.807, 2.05) is 35.7 Å². The average Bonchev–Trinajstić information content (AvgIpc) is 3.25. The maximum absolute atomic E-state index is 13.1. The molecule has 0 unspecified atom stereocenters. The number of carbonyl (C=O) groups is 1. The summed E-state index contributed by atoms with van der Waals surface area (Å²) in [4.78, 5) is 31.6. The number of amides is 1. The minimum atomic E-state index is -0.234. The van der Waals surface area contributed by atoms with E-state index in [0.717, 1.165) is 36.5 Å². The molecule has 0 bridgehead atoms. The van der Waals surface area contributed by atoms with Gasteiger partial charge in [0.1, 0.15) is 0 Å². The molecule has 1 amide bonds. The van der Waals surface area contributed by atoms with E-state index in [4.69, 9.17) is 0 Å². The largest absolute Gasteiger partial charge is 0.280 e. The van der Waals surface area contributed by atoms with Gasteiger partial charge in [-0.1, -0.05) is 38.0 Å². The fourth-order valence-corrected chi connectivity index (χ4v) is 4.83. The molecule has 0 aliphatic heterocycles. The molecule has 5 nitrogen and oxygen atoms in total. The molecular formula is C22H25N3O2S. The molecule has 6 heteroatoms. The Balaban J connectivity index is 1.64. The molecule has 2 heterocycles. The first kappa shape index (κ1) is 18.9. The average molecular weight is 396 g/mol. The van der Waals surface area contributed by atoms with Gasteiger partial charge in [0, 0.05) is 5.92 Å². The summed E-state index contributed by atoms with van der Waals surface area (Å²) in [7, 11) is 0. The van der Waals surface area contributed by atoms with Crippen LogP contribution < -0.4 is 11.0 Å². The summed E-state index contributed by atoms with van der Waals surface area (Å²) >= 11 is 1.50. The zero-order valence-corrected chi connectivity index (χ0v) is 16.9. The standard InChI is InChI=1S/C22H25N3O2S/c1-2-6-15-10-12-16(13-11-15)21(26)24-25-20(19-9-5-14-28-19)23-18-8-4-3-7-17(18)22(25)27/h3-5,7-9,14-16H,2,6,10-13H2,1H3,(H,24,26). The Kier molecular flexibility index (Phi) is 5.57. The second-order valence-corrected chi connectivity index (χ2v) is 8.50. The third-order valence-electron chi connectivity index (χ3n) is 5.65. The van der Waals surface area contributed by atoms with E-state index >= 15 is 0 Å². The fourth-order valence-electron chi connectivity index (χ4n) is 4.13. The Morgan fingerprint density at radius 3 is 2.68 bits per heavy atom. The van der Waals surface area contributed by atoms with Gasteiger partial charge in [-0.15, -0.1) is 11.3 Å². The van der Waals surface area contributed by atoms with Crippen molar-refractivity contribution in [2.24, 2.45) is 11.8 Å². The van der Waals surface area contributed by atoms with Crippen LogP contribution >= 0.6 is 11.3 Å². The number of rotatable bonds is 5. The van der Waals surface area contributed by atoms with Crippen LogP contribution in [-0.4, -0.2) is 15.6 Å². The van der Waals surface area contributed by atoms with Crippen LogP contribution in [-0.2, 0) is 4.79 Å². The predicted octanol–water partition coefficient (Wildman–Crippen LogP) is 4.80. The monoisotopic (exact) mass is 395 g/mol. The Labute approximate surface area is 168 Å². The Bertz CT molecular complexity index is 1020. The second-order valence-electron chi connectivity index (χ2n) is 7.55. The maximum atomic E-state index is 13.1. The van der Waals surface area contributed by atoms with Gasteiger partial charge >= 0.3 is 0 Å². The zero-order valence-electron chi connectivity index (χ0n) is 16.1. The SMILES string of the molecule is CCCC1CCC(C(=O)Nn2c(-c3cccs3)nc3ccccc3c2=O)CC1. The summed E-state index contributed by atoms with van der Waals surface area (Å²) in [6.07, 6.45) is 6.40. The first-order chi connectivity index (χ1) is 13.7. The highest BCUT2D eigenvalue weighted by atomic mass is 32.1. The van der Waals surface area contributed by atoms with E-state index < -0.39 is 0 Å². The predicted molar refractivity (Wildman–Crippen MR) is 114 cm³/mol. The number of hydrogen-bond donors (Lipinski definition) is 1. The molecule has 3 aromatic rings. The molecule has 0 spiro atoms. The number of nitrogens with one attached hydrogen (secondary N) is 1. The molecule has 1 fully saturated rings. The third kappa shape index (κ3) is 3.74. The second kappa shape index (κ2) is 8.27. The van der Waals surface area contributed by atoms with E-state index in [0.29, 0.717) is 16.7 Å². The number of nitrogens with zero attached hydrogens (tertiary/aromatic N) is 2. The summed E-state index contributed by atoms with van der Waals surface area (Å²) in [5.74, 6) is 1.11. The summed E-state index contributed by atoms with van der Waals surface area (Å²) in [5, 5.41) is 2.45. The van der Waals surface area contributed by atoms with Crippen molar-refractivity contribution >= 4 is 28.1 Å². The lowest BCUT2D eigenvalue weighted by molar-refractivity contribution is -0.122. The maximum Gasteiger partial charge on any atom is 0.280 e. The van der Waals surface area contributed by atoms with Crippen molar-refractivity contribution in [2.45, 2.75) is 45.4 Å². The number of aromatic nitrogens is 2. The van der Waals surface area contributed by atoms with Crippen molar-refractivity contribution in [1.29, 1.82) is 0 Å². The highest BCUT2D eigenvalue weighted by molar-refractivity contribution is 7.13. The van der Waals surface area contributed by atoms with E-state index in [9.17, 15) is 9.59 Å². The molecule has 1 aliphatic rings. The van der Waals surface area contributed by atoms with Crippen LogP contribution in [0.2, 0.25) is 0 Å². The lowest BCUT2D eigenvalue weighted by Crippen LogP contribution is -2.39. The summed E-state index contributed by atoms with van der Waals surface area (Å²) in [6.45, 7) is 2.21. The van der Waals surface area contributed by atoms with Crippen molar-refractivity contribution < 1.29 is 4.79 Å². The first-order valence-corrected chi connectivity index (χ1v) is 10.9. The fraction of sp³-hybridized carbons (Fsp3) is 0.409. The third-order valence-corrected chi connectivity index (χ3v) is 6.52. The number of para-hydroxylation sites is 1. The van der Waals surface area contributed by atoms with Crippen molar-refractivity contribution in [3.05, 3.63) is 52.1 Å². The van der Waals surface area contributed by atoms with E-state index in [2.05, 4.69) is 17.3 Å². The molecule has 2 aromatic heterocycles. The molecule has 0 radical (unpaired) electrons. The lowest BCUT2D eigenvalue weighted by atomic mass is 9.80. The number of hydrogen-bond acceptors (Lipinski definition) is 4. The molecular weight excluding hydrogens is 370 g/mol. The highest BCUT2D eigenvalue weighted by Crippen LogP contribution is 2.32. The van der Waals surface area contributed by atoms with Gasteiger partial charge < -0.3 is 0 Å². The summed E-state index contributed by atoms with van der Waals surface area (Å²) in [6, 6.07) is 11.1. The van der Waals surface area contributed by atoms with Crippen LogP contribution in [0.3, 0.4) is 0 Å². The van der Waals surface area contributed by atoms with Gasteiger partial charge in [-0.2, -0.15) is 4.68 Å². The number of benzene rings is 1. The molecule has 1 N–H and O–H groups in total. The molecule has 0 atom stereocenters. The van der Waals surface area contributed by atoms with Crippen molar-refractivity contribution in [3.63, 3.8) is 0 Å². The first-order valence-electron chi connectivity index (χ1n) is 10.0. The van der Waals surface area contributed by atoms with Crippen molar-refractivity contribution in [1.82, 2.24) is 9.66 Å². The summed E-state index contributed by atoms with van der Waals surface area (Å²) in [5.41, 5.74) is 3.29. The Morgan fingerprint density at radius 2 is 1.96 bits per heavy atom.